The largest absolute Gasteiger partial charge is 0.493 e. The lowest BCUT2D eigenvalue weighted by atomic mass is 10.2. The first-order valence-electron chi connectivity index (χ1n) is 5.92. The molecule has 0 aliphatic rings. The average molecular weight is 287 g/mol. The summed E-state index contributed by atoms with van der Waals surface area (Å²) in [6.07, 6.45) is 0. The van der Waals surface area contributed by atoms with Crippen LogP contribution in [0.3, 0.4) is 0 Å². The minimum absolute atomic E-state index is 0.163. The van der Waals surface area contributed by atoms with Crippen LogP contribution in [0.15, 0.2) is 12.1 Å². The quantitative estimate of drug-likeness (QED) is 0.798. The van der Waals surface area contributed by atoms with Crippen LogP contribution in [0, 0.1) is 5.92 Å². The van der Waals surface area contributed by atoms with E-state index in [1.807, 2.05) is 13.1 Å². The molecule has 0 aliphatic carbocycles. The molecule has 1 rings (SSSR count). The zero-order valence-electron chi connectivity index (χ0n) is 11.3. The van der Waals surface area contributed by atoms with E-state index in [0.29, 0.717) is 23.1 Å². The summed E-state index contributed by atoms with van der Waals surface area (Å²) < 4.78 is 10.8. The molecular formula is C13H19ClN2O3. The first-order valence-corrected chi connectivity index (χ1v) is 6.30. The molecular weight excluding hydrogens is 268 g/mol. The fraction of sp³-hybridized carbons (Fsp3) is 0.462. The molecule has 1 aromatic rings. The van der Waals surface area contributed by atoms with Crippen molar-refractivity contribution in [1.29, 1.82) is 0 Å². The van der Waals surface area contributed by atoms with E-state index < -0.39 is 11.8 Å². The van der Waals surface area contributed by atoms with Gasteiger partial charge >= 0.3 is 0 Å². The molecule has 0 saturated heterocycles. The molecule has 0 aliphatic heterocycles. The fourth-order valence-electron chi connectivity index (χ4n) is 1.51. The van der Waals surface area contributed by atoms with Crippen LogP contribution in [0.4, 0.5) is 0 Å². The molecule has 0 fully saturated rings. The summed E-state index contributed by atoms with van der Waals surface area (Å²) in [5, 5.41) is 3.48. The number of nitrogens with one attached hydrogen (secondary N) is 1. The van der Waals surface area contributed by atoms with E-state index in [9.17, 15) is 4.79 Å². The normalized spacial score (nSPS) is 12.0. The maximum atomic E-state index is 11.0. The topological polar surface area (TPSA) is 73.6 Å². The Morgan fingerprint density at radius 2 is 2.21 bits per heavy atom. The average Bonchev–Trinajstić information content (AvgIpc) is 2.36. The second-order valence-electron chi connectivity index (χ2n) is 4.25. The third-order valence-electron chi connectivity index (χ3n) is 2.63. The molecule has 0 bridgehead atoms. The molecule has 1 amide bonds. The molecule has 0 radical (unpaired) electrons. The van der Waals surface area contributed by atoms with Gasteiger partial charge in [-0.05, 0) is 24.7 Å². The second-order valence-corrected chi connectivity index (χ2v) is 4.66. The number of carbonyl (C=O) groups excluding carboxylic acids is 1. The number of halogens is 1. The van der Waals surface area contributed by atoms with E-state index >= 15 is 0 Å². The molecule has 6 heteroatoms. The highest BCUT2D eigenvalue weighted by Crippen LogP contribution is 2.36. The minimum Gasteiger partial charge on any atom is -0.493 e. The van der Waals surface area contributed by atoms with E-state index in [2.05, 4.69) is 5.32 Å². The maximum Gasteiger partial charge on any atom is 0.223 e. The standard InChI is InChI=1S/C13H19ClN2O3/c1-8(13(15)17)7-19-12-10(14)4-9(6-16-2)5-11(12)18-3/h4-5,8,16H,6-7H2,1-3H3,(H2,15,17). The number of ether oxygens (including phenoxy) is 2. The van der Waals surface area contributed by atoms with Crippen molar-refractivity contribution in [3.8, 4) is 11.5 Å². The summed E-state index contributed by atoms with van der Waals surface area (Å²) >= 11 is 6.16. The van der Waals surface area contributed by atoms with Gasteiger partial charge in [0.15, 0.2) is 11.5 Å². The molecule has 1 unspecified atom stereocenters. The molecule has 19 heavy (non-hydrogen) atoms. The molecule has 0 aromatic heterocycles. The van der Waals surface area contributed by atoms with Crippen LogP contribution >= 0.6 is 11.6 Å². The number of hydrogen-bond acceptors (Lipinski definition) is 4. The monoisotopic (exact) mass is 286 g/mol. The number of carbonyl (C=O) groups is 1. The number of amides is 1. The van der Waals surface area contributed by atoms with E-state index in [1.54, 1.807) is 20.1 Å². The van der Waals surface area contributed by atoms with Crippen molar-refractivity contribution in [1.82, 2.24) is 5.32 Å². The van der Waals surface area contributed by atoms with Crippen LogP contribution in [0.5, 0.6) is 11.5 Å². The molecule has 3 N–H and O–H groups in total. The predicted molar refractivity (Wildman–Crippen MR) is 74.6 cm³/mol. The third-order valence-corrected chi connectivity index (χ3v) is 2.91. The molecule has 0 saturated carbocycles. The van der Waals surface area contributed by atoms with Crippen LogP contribution in [0.1, 0.15) is 12.5 Å². The number of nitrogens with two attached hydrogens (primary N) is 1. The number of rotatable bonds is 7. The number of primary amides is 1. The number of hydrogen-bond donors (Lipinski definition) is 2. The Morgan fingerprint density at radius 3 is 2.74 bits per heavy atom. The fourth-order valence-corrected chi connectivity index (χ4v) is 1.80. The van der Waals surface area contributed by atoms with Gasteiger partial charge < -0.3 is 20.5 Å². The number of benzene rings is 1. The van der Waals surface area contributed by atoms with E-state index in [4.69, 9.17) is 26.8 Å². The zero-order chi connectivity index (χ0) is 14.4. The number of methoxy groups -OCH3 is 1. The SMILES string of the molecule is CNCc1cc(Cl)c(OCC(C)C(N)=O)c(OC)c1. The van der Waals surface area contributed by atoms with Gasteiger partial charge in [-0.2, -0.15) is 0 Å². The first-order chi connectivity index (χ1) is 8.99. The molecule has 0 spiro atoms. The van der Waals surface area contributed by atoms with Crippen LogP contribution in [-0.2, 0) is 11.3 Å². The third kappa shape index (κ3) is 4.29. The van der Waals surface area contributed by atoms with Gasteiger partial charge in [-0.15, -0.1) is 0 Å². The summed E-state index contributed by atoms with van der Waals surface area (Å²) in [5.41, 5.74) is 6.17. The highest BCUT2D eigenvalue weighted by atomic mass is 35.5. The Bertz CT molecular complexity index is 452. The lowest BCUT2D eigenvalue weighted by Gasteiger charge is -2.15. The smallest absolute Gasteiger partial charge is 0.223 e. The van der Waals surface area contributed by atoms with Gasteiger partial charge in [0.2, 0.25) is 5.91 Å². The zero-order valence-corrected chi connectivity index (χ0v) is 12.1. The van der Waals surface area contributed by atoms with Gasteiger partial charge in [-0.3, -0.25) is 4.79 Å². The Morgan fingerprint density at radius 1 is 1.53 bits per heavy atom. The summed E-state index contributed by atoms with van der Waals surface area (Å²) in [4.78, 5) is 11.0. The van der Waals surface area contributed by atoms with Crippen LogP contribution in [0.2, 0.25) is 5.02 Å². The van der Waals surface area contributed by atoms with Crippen LogP contribution in [-0.4, -0.2) is 26.7 Å². The highest BCUT2D eigenvalue weighted by molar-refractivity contribution is 6.32. The van der Waals surface area contributed by atoms with E-state index in [0.717, 1.165) is 5.56 Å². The van der Waals surface area contributed by atoms with Gasteiger partial charge in [-0.25, -0.2) is 0 Å². The second kappa shape index (κ2) is 7.21. The Labute approximate surface area is 118 Å². The van der Waals surface area contributed by atoms with Crippen molar-refractivity contribution in [2.45, 2.75) is 13.5 Å². The van der Waals surface area contributed by atoms with Gasteiger partial charge in [-0.1, -0.05) is 18.5 Å². The molecule has 1 aromatic carbocycles. The summed E-state index contributed by atoms with van der Waals surface area (Å²) in [5.74, 6) is 0.159. The van der Waals surface area contributed by atoms with Crippen molar-refractivity contribution in [2.24, 2.45) is 11.7 Å². The molecule has 5 nitrogen and oxygen atoms in total. The van der Waals surface area contributed by atoms with Crippen molar-refractivity contribution < 1.29 is 14.3 Å². The summed E-state index contributed by atoms with van der Waals surface area (Å²) in [6.45, 7) is 2.53. The van der Waals surface area contributed by atoms with Crippen molar-refractivity contribution >= 4 is 17.5 Å². The molecule has 1 atom stereocenters. The Kier molecular flexibility index (Phi) is 5.92. The van der Waals surface area contributed by atoms with Crippen molar-refractivity contribution in [3.05, 3.63) is 22.7 Å². The summed E-state index contributed by atoms with van der Waals surface area (Å²) in [6, 6.07) is 3.64. The maximum absolute atomic E-state index is 11.0. The first kappa shape index (κ1) is 15.6. The van der Waals surface area contributed by atoms with E-state index in [-0.39, 0.29) is 6.61 Å². The van der Waals surface area contributed by atoms with Crippen molar-refractivity contribution in [2.75, 3.05) is 20.8 Å². The lowest BCUT2D eigenvalue weighted by molar-refractivity contribution is -0.122. The van der Waals surface area contributed by atoms with Crippen molar-refractivity contribution in [3.63, 3.8) is 0 Å². The predicted octanol–water partition coefficient (Wildman–Crippen LogP) is 1.57. The highest BCUT2D eigenvalue weighted by Gasteiger charge is 2.15. The van der Waals surface area contributed by atoms with Crippen LogP contribution < -0.4 is 20.5 Å². The van der Waals surface area contributed by atoms with Gasteiger partial charge in [0.1, 0.15) is 0 Å². The van der Waals surface area contributed by atoms with Gasteiger partial charge in [0.25, 0.3) is 0 Å². The van der Waals surface area contributed by atoms with Crippen LogP contribution in [0.25, 0.3) is 0 Å². The molecule has 106 valence electrons. The Balaban J connectivity index is 2.90. The molecule has 0 heterocycles. The minimum atomic E-state index is -0.415. The van der Waals surface area contributed by atoms with Gasteiger partial charge in [0.05, 0.1) is 24.7 Å². The summed E-state index contributed by atoms with van der Waals surface area (Å²) in [7, 11) is 3.39. The lowest BCUT2D eigenvalue weighted by Crippen LogP contribution is -2.25. The van der Waals surface area contributed by atoms with E-state index in [1.165, 1.54) is 0 Å². The van der Waals surface area contributed by atoms with Gasteiger partial charge in [0, 0.05) is 6.54 Å². The Hall–Kier alpha value is -1.46.